The standard InChI is InChI=1S/C58H47N5OS2/c1-36-10-16-39(17-11-36)54-45-26-28-47(59-45)55(40-18-12-37(2)13-19-40)49-30-32-51(61-49)57(52-33-31-50(62-52)56(48-29-27-46(54)60-48)41-20-14-38(3)15-21-41)42-22-24-43(25-23-42)64-34-6-7-35-65-58-63-44-8-4-5-9-53(44)66-58/h4-5,8-33,59,62H,6-7,34-35H2,1-3H3. The van der Waals surface area contributed by atoms with E-state index in [0.29, 0.717) is 6.61 Å². The zero-order chi connectivity index (χ0) is 44.6. The van der Waals surface area contributed by atoms with Crippen molar-refractivity contribution in [2.75, 3.05) is 12.4 Å². The van der Waals surface area contributed by atoms with Gasteiger partial charge in [0.1, 0.15) is 5.75 Å². The van der Waals surface area contributed by atoms with Gasteiger partial charge in [0.2, 0.25) is 0 Å². The Bertz CT molecular complexity index is 3410. The second kappa shape index (κ2) is 18.0. The molecule has 0 saturated carbocycles. The molecular weight excluding hydrogens is 847 g/mol. The van der Waals surface area contributed by atoms with Crippen LogP contribution in [0.2, 0.25) is 0 Å². The second-order valence-corrected chi connectivity index (χ2v) is 19.3. The van der Waals surface area contributed by atoms with E-state index in [1.165, 1.54) is 21.4 Å². The molecule has 0 unspecified atom stereocenters. The molecule has 0 amide bonds. The number of rotatable bonds is 11. The summed E-state index contributed by atoms with van der Waals surface area (Å²) in [6, 6.07) is 51.7. The molecule has 0 atom stereocenters. The van der Waals surface area contributed by atoms with E-state index in [1.807, 2.05) is 17.8 Å². The quantitative estimate of drug-likeness (QED) is 0.0999. The lowest BCUT2D eigenvalue weighted by Crippen LogP contribution is -1.98. The van der Waals surface area contributed by atoms with Crippen molar-refractivity contribution in [1.82, 2.24) is 24.9 Å². The minimum absolute atomic E-state index is 0.654. The van der Waals surface area contributed by atoms with E-state index in [0.717, 1.165) is 124 Å². The van der Waals surface area contributed by atoms with Crippen LogP contribution in [-0.4, -0.2) is 37.3 Å². The molecule has 0 spiro atoms. The summed E-state index contributed by atoms with van der Waals surface area (Å²) in [5, 5.41) is 0. The SMILES string of the molecule is Cc1ccc(-c2c3nc(c(-c4ccc(C)cc4)c4ccc([nH]4)c(-c4ccc(OCCCCSc5nc6ccccc6s5)cc4)c4nc(c(-c5ccc(C)cc5)c5ccc2[nH]5)C=C4)C=C3)cc1. The summed E-state index contributed by atoms with van der Waals surface area (Å²) >= 11 is 3.60. The lowest BCUT2D eigenvalue weighted by atomic mass is 10.0. The first kappa shape index (κ1) is 41.4. The number of nitrogens with one attached hydrogen (secondary N) is 2. The summed E-state index contributed by atoms with van der Waals surface area (Å²) in [5.41, 5.74) is 20.6. The van der Waals surface area contributed by atoms with Gasteiger partial charge in [0, 0.05) is 50.1 Å². The molecule has 8 bridgehead atoms. The zero-order valence-corrected chi connectivity index (χ0v) is 38.7. The third-order valence-corrected chi connectivity index (χ3v) is 14.5. The van der Waals surface area contributed by atoms with Crippen molar-refractivity contribution in [3.63, 3.8) is 0 Å². The topological polar surface area (TPSA) is 79.5 Å². The zero-order valence-electron chi connectivity index (χ0n) is 37.1. The van der Waals surface area contributed by atoms with E-state index < -0.39 is 0 Å². The van der Waals surface area contributed by atoms with Crippen molar-refractivity contribution in [2.45, 2.75) is 38.0 Å². The van der Waals surface area contributed by atoms with Gasteiger partial charge in [-0.15, -0.1) is 11.3 Å². The third kappa shape index (κ3) is 8.41. The Kier molecular flexibility index (Phi) is 11.3. The average molecular weight is 894 g/mol. The summed E-state index contributed by atoms with van der Waals surface area (Å²) in [6.45, 7) is 7.03. The number of hydrogen-bond donors (Lipinski definition) is 2. The van der Waals surface area contributed by atoms with Gasteiger partial charge in [-0.05, 0) is 129 Å². The summed E-state index contributed by atoms with van der Waals surface area (Å²) in [4.78, 5) is 23.5. The van der Waals surface area contributed by atoms with Crippen LogP contribution >= 0.6 is 23.1 Å². The number of aromatic amines is 2. The van der Waals surface area contributed by atoms with E-state index >= 15 is 0 Å². The average Bonchev–Trinajstić information content (AvgIpc) is 4.21. The molecule has 8 heteroatoms. The molecule has 0 aliphatic carbocycles. The van der Waals surface area contributed by atoms with E-state index in [1.54, 1.807) is 11.3 Å². The van der Waals surface area contributed by atoms with Crippen LogP contribution in [0, 0.1) is 20.8 Å². The van der Waals surface area contributed by atoms with Crippen LogP contribution in [0.1, 0.15) is 52.3 Å². The minimum Gasteiger partial charge on any atom is -0.494 e. The maximum atomic E-state index is 6.30. The van der Waals surface area contributed by atoms with Gasteiger partial charge >= 0.3 is 0 Å². The predicted octanol–water partition coefficient (Wildman–Crippen LogP) is 15.8. The normalized spacial score (nSPS) is 12.0. The molecular formula is C58H47N5OS2. The number of para-hydroxylation sites is 1. The van der Waals surface area contributed by atoms with Crippen LogP contribution in [0.25, 0.3) is 101 Å². The molecule has 0 fully saturated rings. The largest absolute Gasteiger partial charge is 0.494 e. The van der Waals surface area contributed by atoms with E-state index in [4.69, 9.17) is 19.7 Å². The highest BCUT2D eigenvalue weighted by atomic mass is 32.2. The Morgan fingerprint density at radius 1 is 0.455 bits per heavy atom. The van der Waals surface area contributed by atoms with Gasteiger partial charge in [-0.3, -0.25) is 0 Å². The van der Waals surface area contributed by atoms with Gasteiger partial charge in [-0.2, -0.15) is 0 Å². The maximum absolute atomic E-state index is 6.30. The number of fused-ring (bicyclic) bond motifs is 9. The predicted molar refractivity (Wildman–Crippen MR) is 280 cm³/mol. The van der Waals surface area contributed by atoms with Crippen LogP contribution in [0.4, 0.5) is 0 Å². The van der Waals surface area contributed by atoms with E-state index in [2.05, 4.69) is 195 Å². The lowest BCUT2D eigenvalue weighted by Gasteiger charge is -2.09. The molecule has 2 aliphatic heterocycles. The molecule has 322 valence electrons. The monoisotopic (exact) mass is 893 g/mol. The van der Waals surface area contributed by atoms with Crippen molar-refractivity contribution < 1.29 is 4.74 Å². The fourth-order valence-electron chi connectivity index (χ4n) is 8.77. The Morgan fingerprint density at radius 2 is 0.864 bits per heavy atom. The molecule has 5 aromatic carbocycles. The van der Waals surface area contributed by atoms with Gasteiger partial charge in [-0.1, -0.05) is 126 Å². The van der Waals surface area contributed by atoms with Crippen molar-refractivity contribution in [3.05, 3.63) is 185 Å². The summed E-state index contributed by atoms with van der Waals surface area (Å²) in [7, 11) is 0. The Labute approximate surface area is 392 Å². The highest BCUT2D eigenvalue weighted by Crippen LogP contribution is 2.39. The third-order valence-electron chi connectivity index (χ3n) is 12.2. The number of nitrogens with zero attached hydrogens (tertiary/aromatic N) is 3. The summed E-state index contributed by atoms with van der Waals surface area (Å²) in [5.74, 6) is 1.86. The van der Waals surface area contributed by atoms with Gasteiger partial charge in [0.05, 0.1) is 39.6 Å². The van der Waals surface area contributed by atoms with Crippen molar-refractivity contribution in [3.8, 4) is 50.3 Å². The first-order valence-electron chi connectivity index (χ1n) is 22.5. The Hall–Kier alpha value is -7.26. The first-order valence-corrected chi connectivity index (χ1v) is 24.3. The van der Waals surface area contributed by atoms with Crippen LogP contribution in [-0.2, 0) is 0 Å². The van der Waals surface area contributed by atoms with E-state index in [9.17, 15) is 0 Å². The molecule has 66 heavy (non-hydrogen) atoms. The Morgan fingerprint density at radius 3 is 1.29 bits per heavy atom. The van der Waals surface area contributed by atoms with Crippen molar-refractivity contribution in [1.29, 1.82) is 0 Å². The number of aryl methyl sites for hydroxylation is 3. The van der Waals surface area contributed by atoms with Crippen LogP contribution in [0.15, 0.2) is 150 Å². The van der Waals surface area contributed by atoms with Crippen LogP contribution < -0.4 is 4.74 Å². The molecule has 0 saturated heterocycles. The van der Waals surface area contributed by atoms with E-state index in [-0.39, 0.29) is 0 Å². The number of thioether (sulfide) groups is 1. The van der Waals surface area contributed by atoms with Crippen LogP contribution in [0.3, 0.4) is 0 Å². The summed E-state index contributed by atoms with van der Waals surface area (Å²) in [6.07, 6.45) is 10.6. The molecule has 2 aliphatic rings. The summed E-state index contributed by atoms with van der Waals surface area (Å²) < 4.78 is 8.67. The number of aromatic nitrogens is 5. The molecule has 4 aromatic heterocycles. The fourth-order valence-corrected chi connectivity index (χ4v) is 10.9. The fraction of sp³-hybridized carbons (Fsp3) is 0.121. The van der Waals surface area contributed by atoms with Crippen molar-refractivity contribution in [2.24, 2.45) is 0 Å². The smallest absolute Gasteiger partial charge is 0.151 e. The molecule has 6 heterocycles. The molecule has 9 aromatic rings. The Balaban J connectivity index is 1.03. The number of unbranched alkanes of at least 4 members (excludes halogenated alkanes) is 1. The number of benzene rings is 5. The number of hydrogen-bond acceptors (Lipinski definition) is 6. The highest BCUT2D eigenvalue weighted by molar-refractivity contribution is 8.01. The second-order valence-electron chi connectivity index (χ2n) is 17.0. The number of H-pyrrole nitrogens is 2. The lowest BCUT2D eigenvalue weighted by molar-refractivity contribution is 0.310. The van der Waals surface area contributed by atoms with Gasteiger partial charge in [0.15, 0.2) is 4.34 Å². The number of thiazole rings is 1. The highest BCUT2D eigenvalue weighted by Gasteiger charge is 2.19. The molecule has 11 rings (SSSR count). The minimum atomic E-state index is 0.654. The number of ether oxygens (including phenoxy) is 1. The van der Waals surface area contributed by atoms with Gasteiger partial charge in [-0.25, -0.2) is 15.0 Å². The van der Waals surface area contributed by atoms with Gasteiger partial charge in [0.25, 0.3) is 0 Å². The maximum Gasteiger partial charge on any atom is 0.151 e. The van der Waals surface area contributed by atoms with Gasteiger partial charge < -0.3 is 14.7 Å². The first-order chi connectivity index (χ1) is 32.4. The molecule has 2 N–H and O–H groups in total. The van der Waals surface area contributed by atoms with Crippen LogP contribution in [0.5, 0.6) is 5.75 Å². The molecule has 6 nitrogen and oxygen atoms in total. The van der Waals surface area contributed by atoms with Crippen molar-refractivity contribution >= 4 is 79.7 Å². The molecule has 0 radical (unpaired) electrons.